The maximum Gasteiger partial charge on any atom is 0.225 e. The van der Waals surface area contributed by atoms with Gasteiger partial charge in [-0.15, -0.1) is 0 Å². The molecule has 5 heteroatoms. The van der Waals surface area contributed by atoms with Crippen LogP contribution in [0.5, 0.6) is 0 Å². The van der Waals surface area contributed by atoms with Crippen molar-refractivity contribution in [3.05, 3.63) is 35.4 Å². The lowest BCUT2D eigenvalue weighted by molar-refractivity contribution is -0.138. The zero-order valence-corrected chi connectivity index (χ0v) is 16.5. The van der Waals surface area contributed by atoms with E-state index in [4.69, 9.17) is 4.74 Å². The largest absolute Gasteiger partial charge is 0.374 e. The average Bonchev–Trinajstić information content (AvgIpc) is 2.64. The van der Waals surface area contributed by atoms with Crippen LogP contribution in [0.1, 0.15) is 51.7 Å². The summed E-state index contributed by atoms with van der Waals surface area (Å²) in [6.07, 6.45) is 1.89. The Morgan fingerprint density at radius 1 is 1.19 bits per heavy atom. The third-order valence-electron chi connectivity index (χ3n) is 4.74. The molecule has 144 valence electrons. The zero-order valence-electron chi connectivity index (χ0n) is 16.5. The molecule has 1 aromatic carbocycles. The molecule has 5 nitrogen and oxygen atoms in total. The van der Waals surface area contributed by atoms with E-state index in [0.717, 1.165) is 30.5 Å². The van der Waals surface area contributed by atoms with Crippen molar-refractivity contribution in [1.82, 2.24) is 10.2 Å². The number of nitrogens with zero attached hydrogens (tertiary/aromatic N) is 1. The first-order valence-corrected chi connectivity index (χ1v) is 9.63. The Labute approximate surface area is 157 Å². The molecule has 1 aromatic rings. The monoisotopic (exact) mass is 360 g/mol. The summed E-state index contributed by atoms with van der Waals surface area (Å²) in [5.41, 5.74) is 2.18. The van der Waals surface area contributed by atoms with Crippen LogP contribution >= 0.6 is 0 Å². The number of rotatable bonds is 7. The molecule has 1 heterocycles. The summed E-state index contributed by atoms with van der Waals surface area (Å²) in [5, 5.41) is 3.05. The van der Waals surface area contributed by atoms with E-state index in [2.05, 4.69) is 5.32 Å². The van der Waals surface area contributed by atoms with E-state index in [1.807, 2.05) is 56.9 Å². The molecule has 2 rings (SSSR count). The fraction of sp³-hybridized carbons (Fsp3) is 0.619. The standard InChI is InChI=1S/C21H32N2O3/c1-15(2)21(25)23-11-7-10-18(13-23)20(24)22-12-17-8-5-6-9-19(17)14-26-16(3)4/h5-6,8-9,15-16,18H,7,10-14H2,1-4H3,(H,22,24)/t18-/m1/s1. The van der Waals surface area contributed by atoms with E-state index in [9.17, 15) is 9.59 Å². The van der Waals surface area contributed by atoms with Gasteiger partial charge in [-0.05, 0) is 37.8 Å². The molecule has 0 bridgehead atoms. The second kappa shape index (κ2) is 9.72. The fourth-order valence-corrected chi connectivity index (χ4v) is 3.21. The number of likely N-dealkylation sites (tertiary alicyclic amines) is 1. The third kappa shape index (κ3) is 5.84. The second-order valence-electron chi connectivity index (χ2n) is 7.62. The van der Waals surface area contributed by atoms with E-state index >= 15 is 0 Å². The number of benzene rings is 1. The predicted octanol–water partition coefficient (Wildman–Crippen LogP) is 3.12. The van der Waals surface area contributed by atoms with Crippen LogP contribution in [0.2, 0.25) is 0 Å². The number of amides is 2. The average molecular weight is 360 g/mol. The molecule has 1 aliphatic rings. The minimum atomic E-state index is -0.120. The highest BCUT2D eigenvalue weighted by molar-refractivity contribution is 5.82. The lowest BCUT2D eigenvalue weighted by Gasteiger charge is -2.33. The minimum absolute atomic E-state index is 0.0235. The van der Waals surface area contributed by atoms with Crippen LogP contribution < -0.4 is 5.32 Å². The molecule has 0 aromatic heterocycles. The molecule has 2 amide bonds. The summed E-state index contributed by atoms with van der Waals surface area (Å²) >= 11 is 0. The minimum Gasteiger partial charge on any atom is -0.374 e. The van der Waals surface area contributed by atoms with Gasteiger partial charge in [0.15, 0.2) is 0 Å². The van der Waals surface area contributed by atoms with Crippen LogP contribution in [0.3, 0.4) is 0 Å². The fourth-order valence-electron chi connectivity index (χ4n) is 3.21. The second-order valence-corrected chi connectivity index (χ2v) is 7.62. The quantitative estimate of drug-likeness (QED) is 0.813. The lowest BCUT2D eigenvalue weighted by atomic mass is 9.96. The smallest absolute Gasteiger partial charge is 0.225 e. The van der Waals surface area contributed by atoms with Gasteiger partial charge in [0.2, 0.25) is 11.8 Å². The number of carbonyl (C=O) groups excluding carboxylic acids is 2. The molecule has 0 unspecified atom stereocenters. The van der Waals surface area contributed by atoms with E-state index in [0.29, 0.717) is 19.7 Å². The van der Waals surface area contributed by atoms with Crippen molar-refractivity contribution in [2.45, 2.75) is 59.8 Å². The summed E-state index contributed by atoms with van der Waals surface area (Å²) < 4.78 is 5.70. The molecule has 0 radical (unpaired) electrons. The van der Waals surface area contributed by atoms with E-state index in [1.54, 1.807) is 0 Å². The van der Waals surface area contributed by atoms with Crippen LogP contribution in [0.25, 0.3) is 0 Å². The highest BCUT2D eigenvalue weighted by Gasteiger charge is 2.29. The summed E-state index contributed by atoms with van der Waals surface area (Å²) in [7, 11) is 0. The molecule has 1 aliphatic heterocycles. The van der Waals surface area contributed by atoms with Gasteiger partial charge in [0.05, 0.1) is 18.6 Å². The molecule has 1 N–H and O–H groups in total. The van der Waals surface area contributed by atoms with Crippen molar-refractivity contribution in [3.63, 3.8) is 0 Å². The summed E-state index contributed by atoms with van der Waals surface area (Å²) in [6, 6.07) is 8.02. The summed E-state index contributed by atoms with van der Waals surface area (Å²) in [6.45, 7) is 10.2. The maximum atomic E-state index is 12.6. The Hall–Kier alpha value is -1.88. The Kier molecular flexibility index (Phi) is 7.64. The summed E-state index contributed by atoms with van der Waals surface area (Å²) in [5.74, 6) is 0.0275. The van der Waals surface area contributed by atoms with Gasteiger partial charge in [-0.1, -0.05) is 38.1 Å². The molecule has 1 atom stereocenters. The normalized spacial score (nSPS) is 17.6. The molecule has 1 fully saturated rings. The number of piperidine rings is 1. The van der Waals surface area contributed by atoms with E-state index < -0.39 is 0 Å². The first-order chi connectivity index (χ1) is 12.4. The molecule has 0 spiro atoms. The third-order valence-corrected chi connectivity index (χ3v) is 4.74. The van der Waals surface area contributed by atoms with Crippen molar-refractivity contribution in [1.29, 1.82) is 0 Å². The van der Waals surface area contributed by atoms with Crippen molar-refractivity contribution >= 4 is 11.8 Å². The van der Waals surface area contributed by atoms with Crippen LogP contribution in [0.4, 0.5) is 0 Å². The van der Waals surface area contributed by atoms with Crippen molar-refractivity contribution in [2.24, 2.45) is 11.8 Å². The van der Waals surface area contributed by atoms with Crippen LogP contribution in [0.15, 0.2) is 24.3 Å². The van der Waals surface area contributed by atoms with Crippen molar-refractivity contribution in [2.75, 3.05) is 13.1 Å². The lowest BCUT2D eigenvalue weighted by Crippen LogP contribution is -2.46. The van der Waals surface area contributed by atoms with Crippen molar-refractivity contribution < 1.29 is 14.3 Å². The number of carbonyl (C=O) groups is 2. The Morgan fingerprint density at radius 2 is 1.88 bits per heavy atom. The number of hydrogen-bond donors (Lipinski definition) is 1. The van der Waals surface area contributed by atoms with Gasteiger partial charge in [0.25, 0.3) is 0 Å². The number of hydrogen-bond acceptors (Lipinski definition) is 3. The van der Waals surface area contributed by atoms with Crippen LogP contribution in [0, 0.1) is 11.8 Å². The topological polar surface area (TPSA) is 58.6 Å². The Balaban J connectivity index is 1.91. The first kappa shape index (κ1) is 20.4. The molecular formula is C21H32N2O3. The first-order valence-electron chi connectivity index (χ1n) is 9.63. The molecule has 1 saturated heterocycles. The zero-order chi connectivity index (χ0) is 19.1. The van der Waals surface area contributed by atoms with Gasteiger partial charge in [0.1, 0.15) is 0 Å². The SMILES string of the molecule is CC(C)OCc1ccccc1CNC(=O)[C@@H]1CCCN(C(=O)C(C)C)C1. The number of nitrogens with one attached hydrogen (secondary N) is 1. The molecular weight excluding hydrogens is 328 g/mol. The van der Waals surface area contributed by atoms with E-state index in [1.165, 1.54) is 0 Å². The highest BCUT2D eigenvalue weighted by atomic mass is 16.5. The van der Waals surface area contributed by atoms with Crippen LogP contribution in [-0.4, -0.2) is 35.9 Å². The summed E-state index contributed by atoms with van der Waals surface area (Å²) in [4.78, 5) is 26.6. The van der Waals surface area contributed by atoms with Crippen LogP contribution in [-0.2, 0) is 27.5 Å². The van der Waals surface area contributed by atoms with Gasteiger partial charge >= 0.3 is 0 Å². The molecule has 0 aliphatic carbocycles. The molecule has 0 saturated carbocycles. The number of ether oxygens (including phenoxy) is 1. The van der Waals surface area contributed by atoms with Gasteiger partial charge in [-0.25, -0.2) is 0 Å². The Morgan fingerprint density at radius 3 is 2.54 bits per heavy atom. The van der Waals surface area contributed by atoms with Gasteiger partial charge in [0, 0.05) is 25.6 Å². The van der Waals surface area contributed by atoms with Gasteiger partial charge in [-0.3, -0.25) is 9.59 Å². The Bertz CT molecular complexity index is 613. The van der Waals surface area contributed by atoms with E-state index in [-0.39, 0.29) is 29.8 Å². The van der Waals surface area contributed by atoms with Gasteiger partial charge in [-0.2, -0.15) is 0 Å². The predicted molar refractivity (Wildman–Crippen MR) is 102 cm³/mol. The molecule has 26 heavy (non-hydrogen) atoms. The maximum absolute atomic E-state index is 12.6. The van der Waals surface area contributed by atoms with Gasteiger partial charge < -0.3 is 15.0 Å². The van der Waals surface area contributed by atoms with Crippen molar-refractivity contribution in [3.8, 4) is 0 Å². The highest BCUT2D eigenvalue weighted by Crippen LogP contribution is 2.19.